The monoisotopic (exact) mass is 381 g/mol. The standard InChI is InChI=1S/C16H13BrClNOS/c17-14-9-12(16-19-7-8-21-16)3-6-15(14)20-10-11-1-4-13(18)5-2-11/h1-6,9H,7-8,10H2. The molecule has 2 nitrogen and oxygen atoms in total. The largest absolute Gasteiger partial charge is 0.488 e. The maximum absolute atomic E-state index is 5.87. The molecule has 1 aliphatic rings. The van der Waals surface area contributed by atoms with Crippen LogP contribution in [0.15, 0.2) is 51.9 Å². The fraction of sp³-hybridized carbons (Fsp3) is 0.188. The number of halogens is 2. The fourth-order valence-electron chi connectivity index (χ4n) is 2.00. The zero-order valence-electron chi connectivity index (χ0n) is 11.2. The Labute approximate surface area is 141 Å². The van der Waals surface area contributed by atoms with Gasteiger partial charge in [0.15, 0.2) is 0 Å². The summed E-state index contributed by atoms with van der Waals surface area (Å²) < 4.78 is 6.79. The van der Waals surface area contributed by atoms with E-state index in [1.54, 1.807) is 11.8 Å². The van der Waals surface area contributed by atoms with Crippen molar-refractivity contribution in [1.82, 2.24) is 0 Å². The molecule has 0 unspecified atom stereocenters. The highest BCUT2D eigenvalue weighted by Crippen LogP contribution is 2.29. The molecule has 5 heteroatoms. The third-order valence-corrected chi connectivity index (χ3v) is 4.97. The number of hydrogen-bond acceptors (Lipinski definition) is 3. The Hall–Kier alpha value is -0.970. The van der Waals surface area contributed by atoms with Crippen LogP contribution in [0.5, 0.6) is 5.75 Å². The second-order valence-corrected chi connectivity index (χ2v) is 6.97. The molecule has 0 spiro atoms. The quantitative estimate of drug-likeness (QED) is 0.727. The molecule has 2 aromatic rings. The van der Waals surface area contributed by atoms with Crippen molar-refractivity contribution < 1.29 is 4.74 Å². The van der Waals surface area contributed by atoms with Crippen molar-refractivity contribution >= 4 is 44.3 Å². The van der Waals surface area contributed by atoms with E-state index in [9.17, 15) is 0 Å². The topological polar surface area (TPSA) is 21.6 Å². The molecule has 1 aliphatic heterocycles. The normalized spacial score (nSPS) is 14.1. The van der Waals surface area contributed by atoms with Crippen molar-refractivity contribution in [1.29, 1.82) is 0 Å². The van der Waals surface area contributed by atoms with Gasteiger partial charge in [0, 0.05) is 22.9 Å². The molecule has 0 aromatic heterocycles. The molecule has 0 saturated heterocycles. The molecule has 2 aromatic carbocycles. The van der Waals surface area contributed by atoms with Crippen molar-refractivity contribution in [3.63, 3.8) is 0 Å². The van der Waals surface area contributed by atoms with Crippen molar-refractivity contribution in [2.45, 2.75) is 6.61 Å². The summed E-state index contributed by atoms with van der Waals surface area (Å²) in [5.74, 6) is 1.90. The van der Waals surface area contributed by atoms with E-state index >= 15 is 0 Å². The summed E-state index contributed by atoms with van der Waals surface area (Å²) in [6.07, 6.45) is 0. The third-order valence-electron chi connectivity index (χ3n) is 3.07. The van der Waals surface area contributed by atoms with E-state index in [0.29, 0.717) is 6.61 Å². The molecule has 0 N–H and O–H groups in total. The molecule has 1 heterocycles. The van der Waals surface area contributed by atoms with Gasteiger partial charge in [0.25, 0.3) is 0 Å². The predicted octanol–water partition coefficient (Wildman–Crippen LogP) is 5.17. The Bertz CT molecular complexity index is 672. The molecule has 0 fully saturated rings. The van der Waals surface area contributed by atoms with Crippen molar-refractivity contribution in [3.05, 3.63) is 63.1 Å². The smallest absolute Gasteiger partial charge is 0.134 e. The number of thioether (sulfide) groups is 1. The molecule has 0 bridgehead atoms. The lowest BCUT2D eigenvalue weighted by atomic mass is 10.2. The average Bonchev–Trinajstić information content (AvgIpc) is 3.02. The maximum atomic E-state index is 5.87. The highest BCUT2D eigenvalue weighted by Gasteiger charge is 2.12. The minimum atomic E-state index is 0.519. The fourth-order valence-corrected chi connectivity index (χ4v) is 3.47. The van der Waals surface area contributed by atoms with Crippen LogP contribution in [0.2, 0.25) is 5.02 Å². The summed E-state index contributed by atoms with van der Waals surface area (Å²) in [7, 11) is 0. The molecule has 0 saturated carbocycles. The number of rotatable bonds is 4. The second-order valence-electron chi connectivity index (χ2n) is 4.60. The van der Waals surface area contributed by atoms with Gasteiger partial charge in [-0.3, -0.25) is 4.99 Å². The minimum absolute atomic E-state index is 0.519. The average molecular weight is 383 g/mol. The van der Waals surface area contributed by atoms with Crippen LogP contribution in [0.4, 0.5) is 0 Å². The zero-order chi connectivity index (χ0) is 14.7. The van der Waals surface area contributed by atoms with Crippen LogP contribution in [-0.2, 0) is 6.61 Å². The van der Waals surface area contributed by atoms with E-state index in [1.165, 1.54) is 0 Å². The first kappa shape index (κ1) is 14.9. The molecular formula is C16H13BrClNOS. The molecule has 0 atom stereocenters. The summed E-state index contributed by atoms with van der Waals surface area (Å²) in [5, 5.41) is 1.85. The van der Waals surface area contributed by atoms with Crippen molar-refractivity contribution in [3.8, 4) is 5.75 Å². The lowest BCUT2D eigenvalue weighted by Gasteiger charge is -2.10. The second kappa shape index (κ2) is 6.86. The van der Waals surface area contributed by atoms with E-state index in [1.807, 2.05) is 30.3 Å². The molecule has 3 rings (SSSR count). The van der Waals surface area contributed by atoms with Gasteiger partial charge in [-0.15, -0.1) is 11.8 Å². The molecule has 0 aliphatic carbocycles. The third kappa shape index (κ3) is 3.82. The van der Waals surface area contributed by atoms with Gasteiger partial charge in [0.2, 0.25) is 0 Å². The van der Waals surface area contributed by atoms with Crippen LogP contribution in [0.25, 0.3) is 0 Å². The van der Waals surface area contributed by atoms with Gasteiger partial charge in [0.1, 0.15) is 12.4 Å². The first-order valence-corrected chi connectivity index (χ1v) is 8.72. The van der Waals surface area contributed by atoms with Crippen LogP contribution in [-0.4, -0.2) is 17.3 Å². The Kier molecular flexibility index (Phi) is 4.88. The van der Waals surface area contributed by atoms with Crippen LogP contribution in [0.3, 0.4) is 0 Å². The zero-order valence-corrected chi connectivity index (χ0v) is 14.3. The summed E-state index contributed by atoms with van der Waals surface area (Å²) in [4.78, 5) is 4.48. The first-order chi connectivity index (χ1) is 10.2. The van der Waals surface area contributed by atoms with Crippen molar-refractivity contribution in [2.75, 3.05) is 12.3 Å². The van der Waals surface area contributed by atoms with Gasteiger partial charge in [-0.2, -0.15) is 0 Å². The molecule has 0 amide bonds. The van der Waals surface area contributed by atoms with Gasteiger partial charge in [0.05, 0.1) is 9.52 Å². The van der Waals surface area contributed by atoms with E-state index in [2.05, 4.69) is 33.1 Å². The Morgan fingerprint density at radius 1 is 1.19 bits per heavy atom. The summed E-state index contributed by atoms with van der Waals surface area (Å²) in [5.41, 5.74) is 2.23. The molecule has 108 valence electrons. The van der Waals surface area contributed by atoms with Crippen LogP contribution in [0.1, 0.15) is 11.1 Å². The maximum Gasteiger partial charge on any atom is 0.134 e. The van der Waals surface area contributed by atoms with Gasteiger partial charge in [-0.05, 0) is 51.8 Å². The highest BCUT2D eigenvalue weighted by molar-refractivity contribution is 9.10. The van der Waals surface area contributed by atoms with Gasteiger partial charge in [-0.25, -0.2) is 0 Å². The predicted molar refractivity (Wildman–Crippen MR) is 93.8 cm³/mol. The van der Waals surface area contributed by atoms with Crippen LogP contribution < -0.4 is 4.74 Å². The Balaban J connectivity index is 1.69. The van der Waals surface area contributed by atoms with Crippen LogP contribution in [0, 0.1) is 0 Å². The molecular weight excluding hydrogens is 370 g/mol. The van der Waals surface area contributed by atoms with E-state index in [0.717, 1.165) is 43.7 Å². The van der Waals surface area contributed by atoms with Crippen LogP contribution >= 0.6 is 39.3 Å². The van der Waals surface area contributed by atoms with Gasteiger partial charge < -0.3 is 4.74 Å². The summed E-state index contributed by atoms with van der Waals surface area (Å²) >= 11 is 11.2. The SMILES string of the molecule is Clc1ccc(COc2ccc(C3=NCCS3)cc2Br)cc1. The molecule has 0 radical (unpaired) electrons. The van der Waals surface area contributed by atoms with Gasteiger partial charge in [-0.1, -0.05) is 23.7 Å². The lowest BCUT2D eigenvalue weighted by molar-refractivity contribution is 0.304. The first-order valence-electron chi connectivity index (χ1n) is 6.57. The Morgan fingerprint density at radius 2 is 2.00 bits per heavy atom. The number of nitrogens with zero attached hydrogens (tertiary/aromatic N) is 1. The molecule has 21 heavy (non-hydrogen) atoms. The Morgan fingerprint density at radius 3 is 2.67 bits per heavy atom. The van der Waals surface area contributed by atoms with Gasteiger partial charge >= 0.3 is 0 Å². The number of aliphatic imine (C=N–C) groups is 1. The van der Waals surface area contributed by atoms with Crippen molar-refractivity contribution in [2.24, 2.45) is 4.99 Å². The van der Waals surface area contributed by atoms with E-state index < -0.39 is 0 Å². The number of ether oxygens (including phenoxy) is 1. The van der Waals surface area contributed by atoms with E-state index in [4.69, 9.17) is 16.3 Å². The number of hydrogen-bond donors (Lipinski definition) is 0. The number of benzene rings is 2. The summed E-state index contributed by atoms with van der Waals surface area (Å²) in [6.45, 7) is 1.43. The lowest BCUT2D eigenvalue weighted by Crippen LogP contribution is -1.98. The highest BCUT2D eigenvalue weighted by atomic mass is 79.9. The van der Waals surface area contributed by atoms with E-state index in [-0.39, 0.29) is 0 Å². The summed E-state index contributed by atoms with van der Waals surface area (Å²) in [6, 6.07) is 13.8. The minimum Gasteiger partial charge on any atom is -0.488 e.